The second-order valence-electron chi connectivity index (χ2n) is 5.42. The van der Waals surface area contributed by atoms with E-state index in [1.54, 1.807) is 0 Å². The third-order valence-corrected chi connectivity index (χ3v) is 5.64. The molecule has 0 aliphatic heterocycles. The summed E-state index contributed by atoms with van der Waals surface area (Å²) in [5.41, 5.74) is 0. The fourth-order valence-electron chi connectivity index (χ4n) is 1.38. The molecule has 0 unspecified atom stereocenters. The quantitative estimate of drug-likeness (QED) is 0.160. The van der Waals surface area contributed by atoms with Crippen LogP contribution in [0, 0.1) is 0 Å². The van der Waals surface area contributed by atoms with Gasteiger partial charge in [-0.2, -0.15) is 60.7 Å². The Kier molecular flexibility index (Phi) is 11.7. The van der Waals surface area contributed by atoms with Gasteiger partial charge in [0.2, 0.25) is 0 Å². The highest BCUT2D eigenvalue weighted by Crippen LogP contribution is 2.41. The molecule has 0 rings (SSSR count). The van der Waals surface area contributed by atoms with Crippen LogP contribution in [0.25, 0.3) is 0 Å². The fraction of sp³-hybridized carbons (Fsp3) is 1.00. The van der Waals surface area contributed by atoms with Gasteiger partial charge in [0, 0.05) is 0 Å². The summed E-state index contributed by atoms with van der Waals surface area (Å²) < 4.78 is 187. The average molecular weight is 558 g/mol. The zero-order chi connectivity index (χ0) is 26.2. The number of alkyl halides is 10. The zero-order valence-electron chi connectivity index (χ0n) is 15.9. The molecular formula is C12H16F10O9S2. The summed E-state index contributed by atoms with van der Waals surface area (Å²) in [5.74, 6) is 0. The van der Waals surface area contributed by atoms with Crippen LogP contribution in [-0.4, -0.2) is 92.6 Å². The summed E-state index contributed by atoms with van der Waals surface area (Å²) in [6.07, 6.45) is -12.8. The van der Waals surface area contributed by atoms with Crippen LogP contribution < -0.4 is 0 Å². The molecule has 0 aromatic carbocycles. The van der Waals surface area contributed by atoms with Crippen molar-refractivity contribution in [2.75, 3.05) is 52.9 Å². The first-order chi connectivity index (χ1) is 14.7. The van der Waals surface area contributed by atoms with Crippen molar-refractivity contribution in [3.05, 3.63) is 0 Å². The van der Waals surface area contributed by atoms with Crippen molar-refractivity contribution >= 4 is 20.2 Å². The lowest BCUT2D eigenvalue weighted by Gasteiger charge is -2.19. The lowest BCUT2D eigenvalue weighted by atomic mass is 10.7. The van der Waals surface area contributed by atoms with E-state index in [1.807, 2.05) is 0 Å². The molecule has 0 aliphatic carbocycles. The molecular weight excluding hydrogens is 542 g/mol. The molecule has 0 aromatic rings. The van der Waals surface area contributed by atoms with Gasteiger partial charge in [-0.1, -0.05) is 0 Å². The first-order valence-electron chi connectivity index (χ1n) is 8.11. The SMILES string of the molecule is O=S(=O)(OCCOCCOCCOCCOS(=O)(=O)C(F)(F)C(F)(F)F)C(F)(F)C(F)(F)F. The van der Waals surface area contributed by atoms with Crippen LogP contribution in [-0.2, 0) is 42.8 Å². The summed E-state index contributed by atoms with van der Waals surface area (Å²) >= 11 is 0. The molecule has 0 saturated carbocycles. The van der Waals surface area contributed by atoms with Gasteiger partial charge in [-0.3, -0.25) is 8.37 Å². The molecule has 0 heterocycles. The second kappa shape index (κ2) is 12.1. The molecule has 0 fully saturated rings. The minimum Gasteiger partial charge on any atom is -0.377 e. The molecule has 0 atom stereocenters. The molecule has 0 amide bonds. The van der Waals surface area contributed by atoms with Gasteiger partial charge in [-0.05, 0) is 0 Å². The normalized spacial score (nSPS) is 14.6. The number of hydrogen-bond donors (Lipinski definition) is 0. The van der Waals surface area contributed by atoms with E-state index in [0.29, 0.717) is 0 Å². The molecule has 9 nitrogen and oxygen atoms in total. The topological polar surface area (TPSA) is 114 Å². The summed E-state index contributed by atoms with van der Waals surface area (Å²) in [7, 11) is -12.6. The van der Waals surface area contributed by atoms with E-state index in [9.17, 15) is 60.7 Å². The van der Waals surface area contributed by atoms with Gasteiger partial charge in [0.1, 0.15) is 0 Å². The van der Waals surface area contributed by atoms with Crippen molar-refractivity contribution in [1.29, 1.82) is 0 Å². The number of hydrogen-bond acceptors (Lipinski definition) is 9. The Labute approximate surface area is 180 Å². The van der Waals surface area contributed by atoms with E-state index >= 15 is 0 Å². The minimum atomic E-state index is -6.38. The predicted octanol–water partition coefficient (Wildman–Crippen LogP) is 2.04. The Balaban J connectivity index is 3.87. The van der Waals surface area contributed by atoms with E-state index < -0.39 is 69.5 Å². The summed E-state index contributed by atoms with van der Waals surface area (Å²) in [5, 5.41) is -12.2. The van der Waals surface area contributed by atoms with Gasteiger partial charge in [-0.15, -0.1) is 0 Å². The smallest absolute Gasteiger partial charge is 0.377 e. The van der Waals surface area contributed by atoms with Crippen LogP contribution in [0.1, 0.15) is 0 Å². The van der Waals surface area contributed by atoms with Gasteiger partial charge in [0.15, 0.2) is 0 Å². The maximum Gasteiger partial charge on any atom is 0.472 e. The maximum absolute atomic E-state index is 12.7. The highest BCUT2D eigenvalue weighted by molar-refractivity contribution is 7.88. The summed E-state index contributed by atoms with van der Waals surface area (Å²) in [4.78, 5) is 0. The highest BCUT2D eigenvalue weighted by Gasteiger charge is 2.69. The molecule has 21 heteroatoms. The summed E-state index contributed by atoms with van der Waals surface area (Å²) in [6.45, 7) is -4.83. The van der Waals surface area contributed by atoms with Crippen LogP contribution >= 0.6 is 0 Å². The van der Waals surface area contributed by atoms with Crippen molar-refractivity contribution in [2.45, 2.75) is 22.9 Å². The van der Waals surface area contributed by atoms with Crippen LogP contribution in [0.5, 0.6) is 0 Å². The van der Waals surface area contributed by atoms with Crippen molar-refractivity contribution in [1.82, 2.24) is 0 Å². The molecule has 33 heavy (non-hydrogen) atoms. The molecule has 0 bridgehead atoms. The Morgan fingerprint density at radius 2 is 0.636 bits per heavy atom. The highest BCUT2D eigenvalue weighted by atomic mass is 32.2. The standard InChI is InChI=1S/C12H16F10O9S2/c13-9(14,15)11(19,20)32(23,24)30-7-5-28-3-1-27-2-4-29-6-8-31-33(25,26)12(21,22)10(16,17)18/h1-8H2. The molecule has 0 aliphatic rings. The molecule has 0 spiro atoms. The third kappa shape index (κ3) is 9.28. The van der Waals surface area contributed by atoms with Crippen molar-refractivity contribution in [2.24, 2.45) is 0 Å². The Morgan fingerprint density at radius 1 is 0.424 bits per heavy atom. The van der Waals surface area contributed by atoms with Gasteiger partial charge < -0.3 is 14.2 Å². The predicted molar refractivity (Wildman–Crippen MR) is 84.2 cm³/mol. The Morgan fingerprint density at radius 3 is 0.848 bits per heavy atom. The molecule has 0 aromatic heterocycles. The summed E-state index contributed by atoms with van der Waals surface area (Å²) in [6, 6.07) is 0. The van der Waals surface area contributed by atoms with E-state index in [1.165, 1.54) is 0 Å². The molecule has 200 valence electrons. The van der Waals surface area contributed by atoms with Gasteiger partial charge in [-0.25, -0.2) is 0 Å². The van der Waals surface area contributed by atoms with Crippen molar-refractivity contribution in [3.63, 3.8) is 0 Å². The van der Waals surface area contributed by atoms with Crippen LogP contribution in [0.15, 0.2) is 0 Å². The molecule has 0 radical (unpaired) electrons. The van der Waals surface area contributed by atoms with Crippen LogP contribution in [0.2, 0.25) is 0 Å². The van der Waals surface area contributed by atoms with Gasteiger partial charge >= 0.3 is 43.1 Å². The monoisotopic (exact) mass is 558 g/mol. The van der Waals surface area contributed by atoms with E-state index in [4.69, 9.17) is 4.74 Å². The van der Waals surface area contributed by atoms with Crippen LogP contribution in [0.3, 0.4) is 0 Å². The lowest BCUT2D eigenvalue weighted by Crippen LogP contribution is -2.45. The van der Waals surface area contributed by atoms with E-state index in [0.717, 1.165) is 0 Å². The number of halogens is 10. The van der Waals surface area contributed by atoms with Gasteiger partial charge in [0.05, 0.1) is 52.9 Å². The average Bonchev–Trinajstić information content (AvgIpc) is 2.63. The minimum absolute atomic E-state index is 0.239. The number of rotatable bonds is 16. The molecule has 0 saturated heterocycles. The van der Waals surface area contributed by atoms with E-state index in [-0.39, 0.29) is 26.4 Å². The first kappa shape index (κ1) is 32.0. The second-order valence-corrected chi connectivity index (χ2v) is 8.73. The van der Waals surface area contributed by atoms with E-state index in [2.05, 4.69) is 17.8 Å². The molecule has 0 N–H and O–H groups in total. The first-order valence-corrected chi connectivity index (χ1v) is 10.9. The zero-order valence-corrected chi connectivity index (χ0v) is 17.6. The largest absolute Gasteiger partial charge is 0.472 e. The lowest BCUT2D eigenvalue weighted by molar-refractivity contribution is -0.244. The van der Waals surface area contributed by atoms with Crippen LogP contribution in [0.4, 0.5) is 43.9 Å². The van der Waals surface area contributed by atoms with Gasteiger partial charge in [0.25, 0.3) is 0 Å². The fourth-order valence-corrected chi connectivity index (χ4v) is 2.82. The van der Waals surface area contributed by atoms with Crippen molar-refractivity contribution < 1.29 is 83.3 Å². The Bertz CT molecular complexity index is 728. The van der Waals surface area contributed by atoms with Crippen molar-refractivity contribution in [3.8, 4) is 0 Å². The Hall–Kier alpha value is -1.00. The maximum atomic E-state index is 12.7. The third-order valence-electron chi connectivity index (χ3n) is 2.96. The number of ether oxygens (including phenoxy) is 3.